The largest absolute Gasteiger partial charge is 0.344 e. The van der Waals surface area contributed by atoms with Crippen LogP contribution in [-0.2, 0) is 0 Å². The first-order chi connectivity index (χ1) is 10.0. The van der Waals surface area contributed by atoms with E-state index in [0.717, 1.165) is 6.07 Å². The topological polar surface area (TPSA) is 46.2 Å². The number of benzene rings is 2. The monoisotopic (exact) mass is 289 g/mol. The molecule has 21 heavy (non-hydrogen) atoms. The zero-order chi connectivity index (χ0) is 15.4. The number of hydrogen-bond acceptors (Lipinski definition) is 2. The van der Waals surface area contributed by atoms with E-state index in [9.17, 15) is 18.4 Å². The third-order valence-electron chi connectivity index (χ3n) is 3.02. The van der Waals surface area contributed by atoms with E-state index in [1.165, 1.54) is 13.0 Å². The molecule has 1 N–H and O–H groups in total. The van der Waals surface area contributed by atoms with Crippen LogP contribution < -0.4 is 5.32 Å². The van der Waals surface area contributed by atoms with Gasteiger partial charge in [-0.25, -0.2) is 8.78 Å². The molecule has 0 aliphatic heterocycles. The van der Waals surface area contributed by atoms with Crippen LogP contribution in [0.25, 0.3) is 0 Å². The highest BCUT2D eigenvalue weighted by molar-refractivity contribution is 6.02. The van der Waals surface area contributed by atoms with Gasteiger partial charge >= 0.3 is 0 Å². The van der Waals surface area contributed by atoms with Crippen LogP contribution in [0.1, 0.15) is 26.3 Å². The molecular weight excluding hydrogens is 276 g/mol. The summed E-state index contributed by atoms with van der Waals surface area (Å²) in [6.07, 6.45) is 0. The lowest BCUT2D eigenvalue weighted by Crippen LogP contribution is -2.31. The van der Waals surface area contributed by atoms with Crippen LogP contribution in [0.3, 0.4) is 0 Å². The Morgan fingerprint density at radius 3 is 2.38 bits per heavy atom. The van der Waals surface area contributed by atoms with Crippen molar-refractivity contribution in [2.45, 2.75) is 6.92 Å². The van der Waals surface area contributed by atoms with Gasteiger partial charge in [0, 0.05) is 5.56 Å². The van der Waals surface area contributed by atoms with Gasteiger partial charge in [-0.2, -0.15) is 0 Å². The highest BCUT2D eigenvalue weighted by atomic mass is 19.1. The molecule has 2 aromatic carbocycles. The zero-order valence-corrected chi connectivity index (χ0v) is 11.3. The second-order valence-electron chi connectivity index (χ2n) is 4.53. The SMILES string of the molecule is Cc1ccc(F)c(C(=O)NCC(=O)c2ccccc2)c1F. The van der Waals surface area contributed by atoms with Crippen LogP contribution in [0.4, 0.5) is 8.78 Å². The number of halogens is 2. The minimum atomic E-state index is -0.956. The Hall–Kier alpha value is -2.56. The van der Waals surface area contributed by atoms with Crippen LogP contribution in [0, 0.1) is 18.6 Å². The highest BCUT2D eigenvalue weighted by Crippen LogP contribution is 2.16. The quantitative estimate of drug-likeness (QED) is 0.880. The lowest BCUT2D eigenvalue weighted by atomic mass is 10.1. The van der Waals surface area contributed by atoms with Gasteiger partial charge in [0.05, 0.1) is 6.54 Å². The molecule has 0 aliphatic carbocycles. The molecule has 0 aliphatic rings. The van der Waals surface area contributed by atoms with Crippen LogP contribution in [-0.4, -0.2) is 18.2 Å². The molecule has 1 amide bonds. The first kappa shape index (κ1) is 14.8. The lowest BCUT2D eigenvalue weighted by molar-refractivity contribution is 0.0898. The van der Waals surface area contributed by atoms with E-state index in [1.54, 1.807) is 30.3 Å². The van der Waals surface area contributed by atoms with Crippen molar-refractivity contribution in [2.75, 3.05) is 6.54 Å². The summed E-state index contributed by atoms with van der Waals surface area (Å²) in [5.41, 5.74) is -0.0882. The van der Waals surface area contributed by atoms with E-state index < -0.39 is 23.1 Å². The van der Waals surface area contributed by atoms with Gasteiger partial charge in [0.1, 0.15) is 17.2 Å². The second kappa shape index (κ2) is 6.26. The summed E-state index contributed by atoms with van der Waals surface area (Å²) in [5.74, 6) is -3.15. The Balaban J connectivity index is 2.10. The molecule has 5 heteroatoms. The fourth-order valence-electron chi connectivity index (χ4n) is 1.84. The molecule has 0 saturated heterocycles. The first-order valence-electron chi connectivity index (χ1n) is 6.31. The lowest BCUT2D eigenvalue weighted by Gasteiger charge is -2.08. The maximum Gasteiger partial charge on any atom is 0.257 e. The summed E-state index contributed by atoms with van der Waals surface area (Å²) >= 11 is 0. The summed E-state index contributed by atoms with van der Waals surface area (Å²) < 4.78 is 27.3. The zero-order valence-electron chi connectivity index (χ0n) is 11.3. The van der Waals surface area contributed by atoms with Crippen molar-refractivity contribution >= 4 is 11.7 Å². The molecule has 2 aromatic rings. The number of carbonyl (C=O) groups excluding carboxylic acids is 2. The normalized spacial score (nSPS) is 10.2. The van der Waals surface area contributed by atoms with Crippen molar-refractivity contribution in [1.29, 1.82) is 0 Å². The van der Waals surface area contributed by atoms with Crippen molar-refractivity contribution in [1.82, 2.24) is 5.32 Å². The Morgan fingerprint density at radius 2 is 1.71 bits per heavy atom. The maximum atomic E-state index is 13.8. The minimum absolute atomic E-state index is 0.163. The summed E-state index contributed by atoms with van der Waals surface area (Å²) in [4.78, 5) is 23.6. The number of rotatable bonds is 4. The van der Waals surface area contributed by atoms with Crippen LogP contribution in [0.15, 0.2) is 42.5 Å². The molecule has 0 aromatic heterocycles. The third-order valence-corrected chi connectivity index (χ3v) is 3.02. The van der Waals surface area contributed by atoms with Crippen molar-refractivity contribution in [3.63, 3.8) is 0 Å². The van der Waals surface area contributed by atoms with Gasteiger partial charge < -0.3 is 5.32 Å². The van der Waals surface area contributed by atoms with Crippen molar-refractivity contribution in [3.05, 3.63) is 70.8 Å². The highest BCUT2D eigenvalue weighted by Gasteiger charge is 2.19. The Bertz CT molecular complexity index is 684. The summed E-state index contributed by atoms with van der Waals surface area (Å²) in [5, 5.41) is 2.24. The first-order valence-corrected chi connectivity index (χ1v) is 6.31. The van der Waals surface area contributed by atoms with E-state index in [4.69, 9.17) is 0 Å². The van der Waals surface area contributed by atoms with Gasteiger partial charge in [0.15, 0.2) is 5.78 Å². The predicted molar refractivity (Wildman–Crippen MR) is 74.2 cm³/mol. The van der Waals surface area contributed by atoms with E-state index >= 15 is 0 Å². The summed E-state index contributed by atoms with van der Waals surface area (Å²) in [6.45, 7) is 1.11. The molecule has 108 valence electrons. The average Bonchev–Trinajstić information content (AvgIpc) is 2.50. The average molecular weight is 289 g/mol. The van der Waals surface area contributed by atoms with Gasteiger partial charge in [-0.3, -0.25) is 9.59 Å². The van der Waals surface area contributed by atoms with E-state index in [1.807, 2.05) is 0 Å². The third kappa shape index (κ3) is 3.31. The second-order valence-corrected chi connectivity index (χ2v) is 4.53. The molecular formula is C16H13F2NO2. The number of aryl methyl sites for hydroxylation is 1. The molecule has 0 radical (unpaired) electrons. The maximum absolute atomic E-state index is 13.8. The molecule has 0 bridgehead atoms. The fraction of sp³-hybridized carbons (Fsp3) is 0.125. The van der Waals surface area contributed by atoms with Crippen molar-refractivity contribution < 1.29 is 18.4 Å². The fourth-order valence-corrected chi connectivity index (χ4v) is 1.84. The van der Waals surface area contributed by atoms with E-state index in [2.05, 4.69) is 5.32 Å². The number of ketones is 1. The van der Waals surface area contributed by atoms with E-state index in [-0.39, 0.29) is 17.9 Å². The number of amides is 1. The molecule has 0 spiro atoms. The van der Waals surface area contributed by atoms with Crippen molar-refractivity contribution in [3.8, 4) is 0 Å². The number of Topliss-reactive ketones (excluding diaryl/α,β-unsaturated/α-hetero) is 1. The molecule has 0 fully saturated rings. The molecule has 3 nitrogen and oxygen atoms in total. The Kier molecular flexibility index (Phi) is 4.42. The molecule has 0 atom stereocenters. The smallest absolute Gasteiger partial charge is 0.257 e. The summed E-state index contributed by atoms with van der Waals surface area (Å²) in [7, 11) is 0. The predicted octanol–water partition coefficient (Wildman–Crippen LogP) is 2.89. The van der Waals surface area contributed by atoms with Gasteiger partial charge in [-0.05, 0) is 18.6 Å². The number of hydrogen-bond donors (Lipinski definition) is 1. The van der Waals surface area contributed by atoms with Gasteiger partial charge in [-0.15, -0.1) is 0 Å². The van der Waals surface area contributed by atoms with Crippen molar-refractivity contribution in [2.24, 2.45) is 0 Å². The number of carbonyl (C=O) groups is 2. The Morgan fingerprint density at radius 1 is 1.05 bits per heavy atom. The standard InChI is InChI=1S/C16H13F2NO2/c1-10-7-8-12(17)14(15(10)18)16(21)19-9-13(20)11-5-3-2-4-6-11/h2-8H,9H2,1H3,(H,19,21). The molecule has 0 unspecified atom stereocenters. The Labute approximate surface area is 120 Å². The molecule has 0 heterocycles. The summed E-state index contributed by atoms with van der Waals surface area (Å²) in [6, 6.07) is 10.6. The minimum Gasteiger partial charge on any atom is -0.344 e. The molecule has 2 rings (SSSR count). The van der Waals surface area contributed by atoms with Crippen LogP contribution in [0.2, 0.25) is 0 Å². The number of nitrogens with one attached hydrogen (secondary N) is 1. The van der Waals surface area contributed by atoms with E-state index in [0.29, 0.717) is 5.56 Å². The van der Waals surface area contributed by atoms with Crippen LogP contribution >= 0.6 is 0 Å². The molecule has 0 saturated carbocycles. The van der Waals surface area contributed by atoms with Crippen LogP contribution in [0.5, 0.6) is 0 Å². The van der Waals surface area contributed by atoms with Gasteiger partial charge in [-0.1, -0.05) is 36.4 Å². The van der Waals surface area contributed by atoms with Gasteiger partial charge in [0.2, 0.25) is 0 Å². The van der Waals surface area contributed by atoms with Gasteiger partial charge in [0.25, 0.3) is 5.91 Å².